The van der Waals surface area contributed by atoms with E-state index < -0.39 is 9.84 Å². The molecule has 1 N–H and O–H groups in total. The average Bonchev–Trinajstić information content (AvgIpc) is 2.81. The molecule has 0 spiro atoms. The van der Waals surface area contributed by atoms with E-state index in [2.05, 4.69) is 11.4 Å². The monoisotopic (exact) mass is 323 g/mol. The van der Waals surface area contributed by atoms with Crippen molar-refractivity contribution >= 4 is 15.7 Å². The van der Waals surface area contributed by atoms with E-state index in [0.29, 0.717) is 24.5 Å². The van der Waals surface area contributed by atoms with E-state index in [4.69, 9.17) is 0 Å². The minimum atomic E-state index is -2.78. The lowest BCUT2D eigenvalue weighted by molar-refractivity contribution is -0.121. The first-order chi connectivity index (χ1) is 10.4. The molecule has 4 nitrogen and oxygen atoms in total. The third kappa shape index (κ3) is 5.79. The fourth-order valence-corrected chi connectivity index (χ4v) is 4.84. The highest BCUT2D eigenvalue weighted by Gasteiger charge is 2.27. The van der Waals surface area contributed by atoms with Crippen LogP contribution in [0.15, 0.2) is 24.3 Å². The summed E-state index contributed by atoms with van der Waals surface area (Å²) in [6.45, 7) is 2.69. The Bertz CT molecular complexity index is 610. The van der Waals surface area contributed by atoms with Crippen LogP contribution in [-0.2, 0) is 21.1 Å². The molecule has 1 aromatic rings. The predicted octanol–water partition coefficient (Wildman–Crippen LogP) is 2.26. The topological polar surface area (TPSA) is 63.2 Å². The minimum Gasteiger partial charge on any atom is -0.356 e. The van der Waals surface area contributed by atoms with Crippen LogP contribution in [0.4, 0.5) is 0 Å². The Morgan fingerprint density at radius 2 is 2.18 bits per heavy atom. The maximum absolute atomic E-state index is 11.8. The molecule has 0 aliphatic carbocycles. The number of aryl methyl sites for hydroxylation is 2. The molecular weight excluding hydrogens is 298 g/mol. The molecule has 1 heterocycles. The van der Waals surface area contributed by atoms with Gasteiger partial charge in [0.15, 0.2) is 9.84 Å². The standard InChI is InChI=1S/C17H25NO3S/c1-14-4-2-5-15(12-14)7-8-17(19)18-10-3-6-16-9-11-22(20,21)13-16/h2,4-5,12,16H,3,6-11,13H2,1H3,(H,18,19). The van der Waals surface area contributed by atoms with E-state index in [0.717, 1.165) is 25.7 Å². The Hall–Kier alpha value is -1.36. The van der Waals surface area contributed by atoms with Crippen molar-refractivity contribution in [2.75, 3.05) is 18.1 Å². The molecular formula is C17H25NO3S. The summed E-state index contributed by atoms with van der Waals surface area (Å²) in [6.07, 6.45) is 3.78. The minimum absolute atomic E-state index is 0.0700. The summed E-state index contributed by atoms with van der Waals surface area (Å²) in [7, 11) is -2.78. The molecule has 1 unspecified atom stereocenters. The van der Waals surface area contributed by atoms with E-state index in [1.165, 1.54) is 11.1 Å². The molecule has 22 heavy (non-hydrogen) atoms. The normalized spacial score (nSPS) is 20.0. The van der Waals surface area contributed by atoms with Crippen LogP contribution in [0.2, 0.25) is 0 Å². The summed E-state index contributed by atoms with van der Waals surface area (Å²) in [5, 5.41) is 2.92. The Morgan fingerprint density at radius 3 is 2.86 bits per heavy atom. The van der Waals surface area contributed by atoms with Crippen LogP contribution in [0.5, 0.6) is 0 Å². The number of hydrogen-bond donors (Lipinski definition) is 1. The summed E-state index contributed by atoms with van der Waals surface area (Å²) in [5.74, 6) is 1.02. The lowest BCUT2D eigenvalue weighted by Gasteiger charge is -2.08. The number of carbonyl (C=O) groups excluding carboxylic acids is 1. The van der Waals surface area contributed by atoms with Gasteiger partial charge in [-0.25, -0.2) is 8.42 Å². The second kappa shape index (κ2) is 7.77. The van der Waals surface area contributed by atoms with E-state index in [9.17, 15) is 13.2 Å². The van der Waals surface area contributed by atoms with Gasteiger partial charge in [-0.15, -0.1) is 0 Å². The average molecular weight is 323 g/mol. The zero-order valence-electron chi connectivity index (χ0n) is 13.2. The molecule has 1 fully saturated rings. The van der Waals surface area contributed by atoms with Crippen molar-refractivity contribution in [2.24, 2.45) is 5.92 Å². The molecule has 0 aromatic heterocycles. The van der Waals surface area contributed by atoms with E-state index in [1.807, 2.05) is 25.1 Å². The number of hydrogen-bond acceptors (Lipinski definition) is 3. The van der Waals surface area contributed by atoms with Crippen molar-refractivity contribution in [1.29, 1.82) is 0 Å². The number of nitrogens with one attached hydrogen (secondary N) is 1. The smallest absolute Gasteiger partial charge is 0.220 e. The quantitative estimate of drug-likeness (QED) is 0.783. The molecule has 1 aromatic carbocycles. The molecule has 0 saturated carbocycles. The second-order valence-corrected chi connectivity index (χ2v) is 8.48. The van der Waals surface area contributed by atoms with Crippen LogP contribution in [0.25, 0.3) is 0 Å². The van der Waals surface area contributed by atoms with Crippen molar-refractivity contribution in [2.45, 2.75) is 39.0 Å². The number of benzene rings is 1. The van der Waals surface area contributed by atoms with Crippen molar-refractivity contribution in [1.82, 2.24) is 5.32 Å². The summed E-state index contributed by atoms with van der Waals surface area (Å²) in [4.78, 5) is 11.8. The summed E-state index contributed by atoms with van der Waals surface area (Å²) >= 11 is 0. The lowest BCUT2D eigenvalue weighted by Crippen LogP contribution is -2.25. The van der Waals surface area contributed by atoms with Gasteiger partial charge in [-0.2, -0.15) is 0 Å². The number of amides is 1. The van der Waals surface area contributed by atoms with E-state index >= 15 is 0 Å². The zero-order chi connectivity index (χ0) is 16.0. The van der Waals surface area contributed by atoms with Gasteiger partial charge in [0, 0.05) is 13.0 Å². The fourth-order valence-electron chi connectivity index (χ4n) is 2.93. The van der Waals surface area contributed by atoms with Gasteiger partial charge in [0.25, 0.3) is 0 Å². The van der Waals surface area contributed by atoms with Crippen LogP contribution in [0.1, 0.15) is 36.8 Å². The molecule has 1 aliphatic rings. The van der Waals surface area contributed by atoms with Crippen LogP contribution in [-0.4, -0.2) is 32.4 Å². The Balaban J connectivity index is 1.58. The fraction of sp³-hybridized carbons (Fsp3) is 0.588. The molecule has 1 aliphatic heterocycles. The first kappa shape index (κ1) is 17.0. The molecule has 1 saturated heterocycles. The zero-order valence-corrected chi connectivity index (χ0v) is 14.0. The van der Waals surface area contributed by atoms with Gasteiger partial charge < -0.3 is 5.32 Å². The SMILES string of the molecule is Cc1cccc(CCC(=O)NCCCC2CCS(=O)(=O)C2)c1. The summed E-state index contributed by atoms with van der Waals surface area (Å²) in [5.41, 5.74) is 2.40. The van der Waals surface area contributed by atoms with Crippen molar-refractivity contribution in [3.63, 3.8) is 0 Å². The maximum Gasteiger partial charge on any atom is 0.220 e. The van der Waals surface area contributed by atoms with Crippen LogP contribution >= 0.6 is 0 Å². The van der Waals surface area contributed by atoms with Crippen LogP contribution in [0.3, 0.4) is 0 Å². The third-order valence-electron chi connectivity index (χ3n) is 4.16. The van der Waals surface area contributed by atoms with Gasteiger partial charge in [-0.05, 0) is 44.1 Å². The largest absolute Gasteiger partial charge is 0.356 e. The third-order valence-corrected chi connectivity index (χ3v) is 6.00. The Morgan fingerprint density at radius 1 is 1.36 bits per heavy atom. The van der Waals surface area contributed by atoms with Gasteiger partial charge in [0.2, 0.25) is 5.91 Å². The van der Waals surface area contributed by atoms with E-state index in [-0.39, 0.29) is 11.8 Å². The molecule has 122 valence electrons. The Kier molecular flexibility index (Phi) is 6.00. The number of carbonyl (C=O) groups is 1. The second-order valence-electron chi connectivity index (χ2n) is 6.25. The van der Waals surface area contributed by atoms with Gasteiger partial charge >= 0.3 is 0 Å². The molecule has 5 heteroatoms. The molecule has 1 amide bonds. The molecule has 2 rings (SSSR count). The van der Waals surface area contributed by atoms with Gasteiger partial charge in [0.1, 0.15) is 0 Å². The summed E-state index contributed by atoms with van der Waals surface area (Å²) < 4.78 is 22.7. The molecule has 0 bridgehead atoms. The molecule has 1 atom stereocenters. The van der Waals surface area contributed by atoms with Crippen LogP contribution in [0, 0.1) is 12.8 Å². The van der Waals surface area contributed by atoms with Crippen LogP contribution < -0.4 is 5.32 Å². The highest BCUT2D eigenvalue weighted by Crippen LogP contribution is 2.22. The molecule has 0 radical (unpaired) electrons. The highest BCUT2D eigenvalue weighted by atomic mass is 32.2. The number of sulfone groups is 1. The van der Waals surface area contributed by atoms with E-state index in [1.54, 1.807) is 0 Å². The maximum atomic E-state index is 11.8. The van der Waals surface area contributed by atoms with Crippen molar-refractivity contribution in [3.05, 3.63) is 35.4 Å². The summed E-state index contributed by atoms with van der Waals surface area (Å²) in [6, 6.07) is 8.21. The van der Waals surface area contributed by atoms with Crippen molar-refractivity contribution in [3.8, 4) is 0 Å². The van der Waals surface area contributed by atoms with Gasteiger partial charge in [0.05, 0.1) is 11.5 Å². The predicted molar refractivity (Wildman–Crippen MR) is 88.5 cm³/mol. The lowest BCUT2D eigenvalue weighted by atomic mass is 10.0. The first-order valence-electron chi connectivity index (χ1n) is 7.97. The first-order valence-corrected chi connectivity index (χ1v) is 9.79. The Labute approximate surface area is 133 Å². The van der Waals surface area contributed by atoms with Gasteiger partial charge in [-0.1, -0.05) is 29.8 Å². The number of rotatable bonds is 7. The highest BCUT2D eigenvalue weighted by molar-refractivity contribution is 7.91. The van der Waals surface area contributed by atoms with Gasteiger partial charge in [-0.3, -0.25) is 4.79 Å². The van der Waals surface area contributed by atoms with Crippen molar-refractivity contribution < 1.29 is 13.2 Å².